The van der Waals surface area contributed by atoms with Crippen LogP contribution in [-0.2, 0) is 6.54 Å². The lowest BCUT2D eigenvalue weighted by Gasteiger charge is -2.04. The van der Waals surface area contributed by atoms with Crippen molar-refractivity contribution in [2.24, 2.45) is 0 Å². The minimum Gasteiger partial charge on any atom is -0.303 e. The molecule has 0 amide bonds. The molecule has 1 aromatic carbocycles. The fourth-order valence-electron chi connectivity index (χ4n) is 1.59. The third kappa shape index (κ3) is 2.68. The molecule has 16 heavy (non-hydrogen) atoms. The molecule has 84 valence electrons. The molecule has 2 rings (SSSR count). The van der Waals surface area contributed by atoms with Crippen LogP contribution >= 0.6 is 11.3 Å². The van der Waals surface area contributed by atoms with Crippen LogP contribution in [0.5, 0.6) is 0 Å². The van der Waals surface area contributed by atoms with E-state index in [1.54, 1.807) is 11.3 Å². The summed E-state index contributed by atoms with van der Waals surface area (Å²) < 4.78 is 0. The highest BCUT2D eigenvalue weighted by Gasteiger charge is 2.05. The van der Waals surface area contributed by atoms with Crippen LogP contribution in [0.1, 0.15) is 10.6 Å². The molecule has 0 radical (unpaired) electrons. The van der Waals surface area contributed by atoms with Crippen LogP contribution in [0, 0.1) is 6.92 Å². The molecular formula is C13H16N2S. The van der Waals surface area contributed by atoms with Gasteiger partial charge in [0.15, 0.2) is 0 Å². The number of rotatable bonds is 3. The predicted molar refractivity (Wildman–Crippen MR) is 69.7 cm³/mol. The van der Waals surface area contributed by atoms with Crippen molar-refractivity contribution >= 4 is 11.3 Å². The molecule has 0 aliphatic carbocycles. The molecule has 0 atom stereocenters. The summed E-state index contributed by atoms with van der Waals surface area (Å²) in [4.78, 5) is 7.83. The van der Waals surface area contributed by atoms with Crippen molar-refractivity contribution in [3.63, 3.8) is 0 Å². The van der Waals surface area contributed by atoms with Crippen molar-refractivity contribution in [2.75, 3.05) is 14.1 Å². The first-order valence-electron chi connectivity index (χ1n) is 5.31. The summed E-state index contributed by atoms with van der Waals surface area (Å²) in [7, 11) is 4.13. The largest absolute Gasteiger partial charge is 0.303 e. The maximum Gasteiger partial charge on any atom is 0.107 e. The first-order chi connectivity index (χ1) is 7.65. The Hall–Kier alpha value is -1.19. The normalized spacial score (nSPS) is 11.0. The van der Waals surface area contributed by atoms with Gasteiger partial charge in [-0.2, -0.15) is 0 Å². The average Bonchev–Trinajstić information content (AvgIpc) is 2.65. The Morgan fingerprint density at radius 3 is 2.81 bits per heavy atom. The maximum absolute atomic E-state index is 4.44. The summed E-state index contributed by atoms with van der Waals surface area (Å²) in [6.07, 6.45) is 1.97. The first kappa shape index (κ1) is 11.3. The number of hydrogen-bond acceptors (Lipinski definition) is 3. The van der Waals surface area contributed by atoms with Gasteiger partial charge in [0, 0.05) is 12.7 Å². The lowest BCUT2D eigenvalue weighted by molar-refractivity contribution is 0.401. The fourth-order valence-corrected chi connectivity index (χ4v) is 2.62. The van der Waals surface area contributed by atoms with Crippen LogP contribution in [0.25, 0.3) is 10.4 Å². The van der Waals surface area contributed by atoms with Crippen molar-refractivity contribution in [3.8, 4) is 10.4 Å². The molecule has 2 nitrogen and oxygen atoms in total. The van der Waals surface area contributed by atoms with Gasteiger partial charge in [0.1, 0.15) is 5.01 Å². The van der Waals surface area contributed by atoms with E-state index >= 15 is 0 Å². The van der Waals surface area contributed by atoms with E-state index in [-0.39, 0.29) is 0 Å². The molecule has 0 N–H and O–H groups in total. The SMILES string of the molecule is Cc1cccc(-c2cnc(CN(C)C)s2)c1. The van der Waals surface area contributed by atoms with Gasteiger partial charge in [0.25, 0.3) is 0 Å². The van der Waals surface area contributed by atoms with Crippen molar-refractivity contribution in [1.29, 1.82) is 0 Å². The summed E-state index contributed by atoms with van der Waals surface area (Å²) in [5.74, 6) is 0. The van der Waals surface area contributed by atoms with Crippen LogP contribution in [0.2, 0.25) is 0 Å². The van der Waals surface area contributed by atoms with Crippen LogP contribution in [0.15, 0.2) is 30.5 Å². The molecule has 0 bridgehead atoms. The topological polar surface area (TPSA) is 16.1 Å². The minimum absolute atomic E-state index is 0.913. The Morgan fingerprint density at radius 2 is 2.12 bits per heavy atom. The van der Waals surface area contributed by atoms with E-state index in [4.69, 9.17) is 0 Å². The highest BCUT2D eigenvalue weighted by Crippen LogP contribution is 2.26. The number of nitrogens with zero attached hydrogens (tertiary/aromatic N) is 2. The molecule has 0 aliphatic heterocycles. The molecule has 1 heterocycles. The molecule has 0 spiro atoms. The van der Waals surface area contributed by atoms with Gasteiger partial charge >= 0.3 is 0 Å². The van der Waals surface area contributed by atoms with Crippen LogP contribution in [0.4, 0.5) is 0 Å². The highest BCUT2D eigenvalue weighted by atomic mass is 32.1. The lowest BCUT2D eigenvalue weighted by Crippen LogP contribution is -2.09. The summed E-state index contributed by atoms with van der Waals surface area (Å²) >= 11 is 1.77. The summed E-state index contributed by atoms with van der Waals surface area (Å²) in [5, 5.41) is 1.17. The minimum atomic E-state index is 0.913. The maximum atomic E-state index is 4.44. The summed E-state index contributed by atoms with van der Waals surface area (Å²) in [5.41, 5.74) is 2.56. The monoisotopic (exact) mass is 232 g/mol. The Kier molecular flexibility index (Phi) is 3.36. The van der Waals surface area contributed by atoms with Gasteiger partial charge in [-0.25, -0.2) is 4.98 Å². The van der Waals surface area contributed by atoms with E-state index < -0.39 is 0 Å². The standard InChI is InChI=1S/C13H16N2S/c1-10-5-4-6-11(7-10)12-8-14-13(16-12)9-15(2)3/h4-8H,9H2,1-3H3. The molecule has 0 fully saturated rings. The smallest absolute Gasteiger partial charge is 0.107 e. The highest BCUT2D eigenvalue weighted by molar-refractivity contribution is 7.15. The van der Waals surface area contributed by atoms with E-state index in [2.05, 4.69) is 55.2 Å². The van der Waals surface area contributed by atoms with Gasteiger partial charge in [-0.1, -0.05) is 29.8 Å². The second-order valence-electron chi connectivity index (χ2n) is 4.23. The van der Waals surface area contributed by atoms with Gasteiger partial charge in [0.2, 0.25) is 0 Å². The van der Waals surface area contributed by atoms with Gasteiger partial charge in [-0.05, 0) is 26.6 Å². The lowest BCUT2D eigenvalue weighted by atomic mass is 10.1. The number of thiazole rings is 1. The zero-order valence-corrected chi connectivity index (χ0v) is 10.7. The van der Waals surface area contributed by atoms with Crippen molar-refractivity contribution in [1.82, 2.24) is 9.88 Å². The zero-order valence-electron chi connectivity index (χ0n) is 9.90. The van der Waals surface area contributed by atoms with Gasteiger partial charge < -0.3 is 4.90 Å². The van der Waals surface area contributed by atoms with Crippen molar-refractivity contribution in [2.45, 2.75) is 13.5 Å². The number of benzene rings is 1. The van der Waals surface area contributed by atoms with E-state index in [0.29, 0.717) is 0 Å². The predicted octanol–water partition coefficient (Wildman–Crippen LogP) is 3.18. The van der Waals surface area contributed by atoms with Crippen molar-refractivity contribution in [3.05, 3.63) is 41.0 Å². The molecule has 1 aromatic heterocycles. The Morgan fingerprint density at radius 1 is 1.31 bits per heavy atom. The Labute approximate surface area is 101 Å². The van der Waals surface area contributed by atoms with E-state index in [1.807, 2.05) is 6.20 Å². The second kappa shape index (κ2) is 4.76. The number of aryl methyl sites for hydroxylation is 1. The third-order valence-corrected chi connectivity index (χ3v) is 3.34. The van der Waals surface area contributed by atoms with E-state index in [0.717, 1.165) is 6.54 Å². The first-order valence-corrected chi connectivity index (χ1v) is 6.13. The number of aromatic nitrogens is 1. The molecule has 2 aromatic rings. The summed E-state index contributed by atoms with van der Waals surface area (Å²) in [6.45, 7) is 3.03. The van der Waals surface area contributed by atoms with Crippen molar-refractivity contribution < 1.29 is 0 Å². The fraction of sp³-hybridized carbons (Fsp3) is 0.308. The molecular weight excluding hydrogens is 216 g/mol. The molecule has 0 saturated heterocycles. The number of hydrogen-bond donors (Lipinski definition) is 0. The average molecular weight is 232 g/mol. The molecule has 0 saturated carbocycles. The van der Waals surface area contributed by atoms with Crippen LogP contribution in [-0.4, -0.2) is 24.0 Å². The van der Waals surface area contributed by atoms with Crippen LogP contribution < -0.4 is 0 Å². The molecule has 3 heteroatoms. The Bertz CT molecular complexity index is 474. The van der Waals surface area contributed by atoms with Crippen LogP contribution in [0.3, 0.4) is 0 Å². The zero-order chi connectivity index (χ0) is 11.5. The molecule has 0 aliphatic rings. The summed E-state index contributed by atoms with van der Waals surface area (Å²) in [6, 6.07) is 8.55. The van der Waals surface area contributed by atoms with Gasteiger partial charge in [-0.3, -0.25) is 0 Å². The van der Waals surface area contributed by atoms with E-state index in [1.165, 1.54) is 21.0 Å². The van der Waals surface area contributed by atoms with Gasteiger partial charge in [0.05, 0.1) is 4.88 Å². The quantitative estimate of drug-likeness (QED) is 0.808. The van der Waals surface area contributed by atoms with Gasteiger partial charge in [-0.15, -0.1) is 11.3 Å². The Balaban J connectivity index is 2.24. The third-order valence-electron chi connectivity index (χ3n) is 2.31. The van der Waals surface area contributed by atoms with E-state index in [9.17, 15) is 0 Å². The second-order valence-corrected chi connectivity index (χ2v) is 5.34. The molecule has 0 unspecified atom stereocenters.